The Hall–Kier alpha value is -2.92. The van der Waals surface area contributed by atoms with E-state index in [0.717, 1.165) is 11.5 Å². The quantitative estimate of drug-likeness (QED) is 0.203. The minimum Gasteiger partial charge on any atom is -0.367 e. The van der Waals surface area contributed by atoms with E-state index in [4.69, 9.17) is 11.6 Å². The number of nitrogens with zero attached hydrogens (tertiary/aromatic N) is 5. The van der Waals surface area contributed by atoms with Gasteiger partial charge in [-0.15, -0.1) is 0 Å². The molecular formula is C20H24ClN7O3S. The van der Waals surface area contributed by atoms with Crippen LogP contribution in [0.1, 0.15) is 38.1 Å². The minimum absolute atomic E-state index is 0.0487. The molecule has 0 unspecified atom stereocenters. The second-order valence-corrected chi connectivity index (χ2v) is 9.55. The number of halogens is 1. The van der Waals surface area contributed by atoms with Gasteiger partial charge in [0, 0.05) is 30.0 Å². The molecule has 2 N–H and O–H groups in total. The van der Waals surface area contributed by atoms with E-state index in [1.165, 1.54) is 12.1 Å². The van der Waals surface area contributed by atoms with E-state index in [-0.39, 0.29) is 28.9 Å². The Bertz CT molecular complexity index is 1150. The normalized spacial score (nSPS) is 11.3. The number of nitro groups is 1. The van der Waals surface area contributed by atoms with Crippen LogP contribution in [0.15, 0.2) is 29.6 Å². The molecule has 2 aromatic heterocycles. The Morgan fingerprint density at radius 1 is 1.28 bits per heavy atom. The van der Waals surface area contributed by atoms with Gasteiger partial charge in [0.25, 0.3) is 11.6 Å². The number of fused-ring (bicyclic) bond motifs is 1. The van der Waals surface area contributed by atoms with E-state index in [1.54, 1.807) is 22.6 Å². The van der Waals surface area contributed by atoms with Crippen LogP contribution in [0.5, 0.6) is 0 Å². The van der Waals surface area contributed by atoms with E-state index in [2.05, 4.69) is 39.5 Å². The third kappa shape index (κ3) is 5.65. The molecule has 3 aromatic rings. The van der Waals surface area contributed by atoms with Gasteiger partial charge in [-0.2, -0.15) is 5.10 Å². The molecule has 0 spiro atoms. The predicted molar refractivity (Wildman–Crippen MR) is 126 cm³/mol. The third-order valence-corrected chi connectivity index (χ3v) is 5.45. The van der Waals surface area contributed by atoms with Crippen LogP contribution in [-0.2, 0) is 6.54 Å². The maximum absolute atomic E-state index is 12.5. The summed E-state index contributed by atoms with van der Waals surface area (Å²) in [6, 6.07) is 3.94. The van der Waals surface area contributed by atoms with Gasteiger partial charge < -0.3 is 10.6 Å². The van der Waals surface area contributed by atoms with Crippen LogP contribution in [0.25, 0.3) is 11.0 Å². The van der Waals surface area contributed by atoms with Crippen LogP contribution < -0.4 is 10.6 Å². The molecule has 10 nitrogen and oxygen atoms in total. The molecule has 0 saturated carbocycles. The summed E-state index contributed by atoms with van der Waals surface area (Å²) >= 11 is 7.60. The Morgan fingerprint density at radius 3 is 2.69 bits per heavy atom. The number of aromatic nitrogens is 4. The van der Waals surface area contributed by atoms with Gasteiger partial charge >= 0.3 is 0 Å². The number of non-ortho nitro benzene ring substituents is 1. The van der Waals surface area contributed by atoms with Gasteiger partial charge in [-0.3, -0.25) is 14.9 Å². The zero-order valence-electron chi connectivity index (χ0n) is 18.1. The zero-order valence-corrected chi connectivity index (χ0v) is 19.7. The number of anilines is 1. The zero-order chi connectivity index (χ0) is 23.4. The highest BCUT2D eigenvalue weighted by molar-refractivity contribution is 7.99. The lowest BCUT2D eigenvalue weighted by Gasteiger charge is -2.12. The lowest BCUT2D eigenvalue weighted by atomic mass is 10.2. The number of rotatable bonds is 9. The highest BCUT2D eigenvalue weighted by Crippen LogP contribution is 2.27. The first kappa shape index (κ1) is 23.7. The van der Waals surface area contributed by atoms with E-state index in [1.807, 2.05) is 13.8 Å². The van der Waals surface area contributed by atoms with Gasteiger partial charge in [0.15, 0.2) is 10.8 Å². The number of benzene rings is 1. The maximum atomic E-state index is 12.5. The largest absolute Gasteiger partial charge is 0.367 e. The number of carbonyl (C=O) groups is 1. The molecule has 32 heavy (non-hydrogen) atoms. The van der Waals surface area contributed by atoms with Gasteiger partial charge in [-0.25, -0.2) is 14.6 Å². The van der Waals surface area contributed by atoms with Crippen LogP contribution in [0.2, 0.25) is 5.02 Å². The van der Waals surface area contributed by atoms with Gasteiger partial charge in [0.1, 0.15) is 5.82 Å². The smallest absolute Gasteiger partial charge is 0.270 e. The van der Waals surface area contributed by atoms with Crippen molar-refractivity contribution >= 4 is 51.8 Å². The molecule has 0 bridgehead atoms. The van der Waals surface area contributed by atoms with E-state index in [0.29, 0.717) is 28.4 Å². The monoisotopic (exact) mass is 477 g/mol. The van der Waals surface area contributed by atoms with E-state index < -0.39 is 10.8 Å². The molecule has 0 fully saturated rings. The molecule has 3 rings (SSSR count). The molecule has 170 valence electrons. The van der Waals surface area contributed by atoms with Crippen molar-refractivity contribution in [1.29, 1.82) is 0 Å². The van der Waals surface area contributed by atoms with E-state index >= 15 is 0 Å². The molecule has 12 heteroatoms. The minimum atomic E-state index is -0.571. The Kier molecular flexibility index (Phi) is 7.52. The van der Waals surface area contributed by atoms with Crippen molar-refractivity contribution in [3.63, 3.8) is 0 Å². The Morgan fingerprint density at radius 2 is 2.03 bits per heavy atom. The SMILES string of the molecule is CC(C)Nc1nc(SC(C)C)nc2c1cnn2CCNC(=O)c1cc([N+](=O)[O-])ccc1Cl. The van der Waals surface area contributed by atoms with Gasteiger partial charge in [0.05, 0.1) is 33.6 Å². The topological polar surface area (TPSA) is 128 Å². The average Bonchev–Trinajstić information content (AvgIpc) is 3.10. The van der Waals surface area contributed by atoms with Crippen molar-refractivity contribution in [2.24, 2.45) is 0 Å². The predicted octanol–water partition coefficient (Wildman–Crippen LogP) is 4.14. The first-order valence-corrected chi connectivity index (χ1v) is 11.3. The molecule has 0 radical (unpaired) electrons. The second-order valence-electron chi connectivity index (χ2n) is 7.60. The maximum Gasteiger partial charge on any atom is 0.270 e. The number of amides is 1. The summed E-state index contributed by atoms with van der Waals surface area (Å²) in [6.45, 7) is 8.79. The highest BCUT2D eigenvalue weighted by atomic mass is 35.5. The van der Waals surface area contributed by atoms with Crippen LogP contribution in [0.4, 0.5) is 11.5 Å². The first-order valence-electron chi connectivity index (χ1n) is 10.0. The van der Waals surface area contributed by atoms with Crippen molar-refractivity contribution in [3.05, 3.63) is 45.1 Å². The van der Waals surface area contributed by atoms with Crippen molar-refractivity contribution in [1.82, 2.24) is 25.1 Å². The number of thioether (sulfide) groups is 1. The van der Waals surface area contributed by atoms with Gasteiger partial charge in [-0.1, -0.05) is 37.2 Å². The summed E-state index contributed by atoms with van der Waals surface area (Å²) in [5, 5.41) is 23.3. The molecule has 1 aromatic carbocycles. The molecular weight excluding hydrogens is 454 g/mol. The standard InChI is InChI=1S/C20H24ClN7O3S/c1-11(2)24-17-15-10-23-27(18(15)26-20(25-17)32-12(3)4)8-7-22-19(29)14-9-13(28(30)31)5-6-16(14)21/h5-6,9-12H,7-8H2,1-4H3,(H,22,29)(H,24,25,26). The number of nitro benzene ring substituents is 1. The lowest BCUT2D eigenvalue weighted by Crippen LogP contribution is -2.28. The van der Waals surface area contributed by atoms with Gasteiger partial charge in [-0.05, 0) is 19.9 Å². The molecule has 0 atom stereocenters. The van der Waals surface area contributed by atoms with Crippen molar-refractivity contribution in [3.8, 4) is 0 Å². The third-order valence-electron chi connectivity index (χ3n) is 4.26. The summed E-state index contributed by atoms with van der Waals surface area (Å²) in [5.41, 5.74) is 0.510. The molecule has 0 aliphatic rings. The second kappa shape index (κ2) is 10.1. The molecule has 1 amide bonds. The lowest BCUT2D eigenvalue weighted by molar-refractivity contribution is -0.384. The Balaban J connectivity index is 1.78. The fourth-order valence-corrected chi connectivity index (χ4v) is 3.83. The fraction of sp³-hybridized carbons (Fsp3) is 0.400. The van der Waals surface area contributed by atoms with Crippen LogP contribution >= 0.6 is 23.4 Å². The number of nitrogens with one attached hydrogen (secondary N) is 2. The average molecular weight is 478 g/mol. The van der Waals surface area contributed by atoms with Crippen LogP contribution in [0.3, 0.4) is 0 Å². The number of hydrogen-bond donors (Lipinski definition) is 2. The van der Waals surface area contributed by atoms with Gasteiger partial charge in [0.2, 0.25) is 0 Å². The molecule has 0 saturated heterocycles. The summed E-state index contributed by atoms with van der Waals surface area (Å²) in [4.78, 5) is 32.2. The van der Waals surface area contributed by atoms with Crippen LogP contribution in [0, 0.1) is 10.1 Å². The highest BCUT2D eigenvalue weighted by Gasteiger charge is 2.17. The Labute approximate surface area is 194 Å². The van der Waals surface area contributed by atoms with E-state index in [9.17, 15) is 14.9 Å². The summed E-state index contributed by atoms with van der Waals surface area (Å²) in [6.07, 6.45) is 1.70. The number of carbonyl (C=O) groups excluding carboxylic acids is 1. The summed E-state index contributed by atoms with van der Waals surface area (Å²) in [7, 11) is 0. The molecule has 0 aliphatic carbocycles. The molecule has 0 aliphatic heterocycles. The summed E-state index contributed by atoms with van der Waals surface area (Å²) in [5.74, 6) is 0.217. The van der Waals surface area contributed by atoms with Crippen molar-refractivity contribution in [2.75, 3.05) is 11.9 Å². The molecule has 2 heterocycles. The van der Waals surface area contributed by atoms with Crippen LogP contribution in [-0.4, -0.2) is 48.4 Å². The fourth-order valence-electron chi connectivity index (χ4n) is 2.92. The summed E-state index contributed by atoms with van der Waals surface area (Å²) < 4.78 is 1.70. The van der Waals surface area contributed by atoms with Crippen molar-refractivity contribution < 1.29 is 9.72 Å². The first-order chi connectivity index (χ1) is 15.2. The van der Waals surface area contributed by atoms with Crippen molar-refractivity contribution in [2.45, 2.75) is 50.7 Å². The number of hydrogen-bond acceptors (Lipinski definition) is 8.